The molecule has 0 amide bonds. The van der Waals surface area contributed by atoms with Gasteiger partial charge in [-0.05, 0) is 97.9 Å². The number of rotatable bonds is 7. The van der Waals surface area contributed by atoms with Gasteiger partial charge in [0.25, 0.3) is 0 Å². The molecule has 0 aromatic heterocycles. The summed E-state index contributed by atoms with van der Waals surface area (Å²) in [4.78, 5) is 13.2. The lowest BCUT2D eigenvalue weighted by Crippen LogP contribution is -2.52. The molecule has 0 aromatic rings. The first-order valence-electron chi connectivity index (χ1n) is 13.1. The van der Waals surface area contributed by atoms with Crippen molar-refractivity contribution in [3.05, 3.63) is 23.8 Å². The van der Waals surface area contributed by atoms with Gasteiger partial charge in [0.05, 0.1) is 12.7 Å². The van der Waals surface area contributed by atoms with E-state index in [2.05, 4.69) is 37.1 Å². The second-order valence-electron chi connectivity index (χ2n) is 12.2. The molecule has 0 radical (unpaired) electrons. The van der Waals surface area contributed by atoms with E-state index in [4.69, 9.17) is 0 Å². The molecule has 4 aliphatic carbocycles. The molecule has 3 fully saturated rings. The molecule has 7 heteroatoms. The third-order valence-corrected chi connectivity index (χ3v) is 10.5. The fourth-order valence-corrected chi connectivity index (χ4v) is 8.57. The van der Waals surface area contributed by atoms with Crippen LogP contribution in [0.5, 0.6) is 0 Å². The average Bonchev–Trinajstić information content (AvgIpc) is 3.10. The summed E-state index contributed by atoms with van der Waals surface area (Å²) in [5.41, 5.74) is 1.56. The second kappa shape index (κ2) is 9.45. The molecule has 1 unspecified atom stereocenters. The first kappa shape index (κ1) is 26.1. The van der Waals surface area contributed by atoms with Gasteiger partial charge >= 0.3 is 0 Å². The lowest BCUT2D eigenvalue weighted by atomic mass is 9.47. The first-order chi connectivity index (χ1) is 15.8. The van der Waals surface area contributed by atoms with Crippen LogP contribution in [0.3, 0.4) is 0 Å². The Balaban J connectivity index is 1.45. The van der Waals surface area contributed by atoms with Gasteiger partial charge < -0.3 is 9.66 Å². The molecule has 192 valence electrons. The van der Waals surface area contributed by atoms with E-state index >= 15 is 0 Å². The summed E-state index contributed by atoms with van der Waals surface area (Å²) in [6, 6.07) is 0. The highest BCUT2D eigenvalue weighted by Crippen LogP contribution is 2.66. The van der Waals surface area contributed by atoms with Crippen molar-refractivity contribution in [2.24, 2.45) is 46.3 Å². The average molecular weight is 494 g/mol. The Labute approximate surface area is 205 Å². The highest BCUT2D eigenvalue weighted by Gasteiger charge is 2.59. The van der Waals surface area contributed by atoms with Crippen molar-refractivity contribution in [3.63, 3.8) is 0 Å². The summed E-state index contributed by atoms with van der Waals surface area (Å²) < 4.78 is 36.4. The predicted octanol–water partition coefficient (Wildman–Crippen LogP) is 4.80. The van der Waals surface area contributed by atoms with Crippen molar-refractivity contribution < 1.29 is 27.1 Å². The minimum Gasteiger partial charge on any atom is -0.726 e. The molecule has 34 heavy (non-hydrogen) atoms. The minimum absolute atomic E-state index is 0.0128. The van der Waals surface area contributed by atoms with Crippen LogP contribution in [0.15, 0.2) is 23.8 Å². The Morgan fingerprint density at radius 1 is 1.12 bits per heavy atom. The zero-order valence-corrected chi connectivity index (χ0v) is 21.9. The Kier molecular flexibility index (Phi) is 7.24. The van der Waals surface area contributed by atoms with Crippen LogP contribution >= 0.6 is 0 Å². The summed E-state index contributed by atoms with van der Waals surface area (Å²) in [5, 5.41) is 10.2. The van der Waals surface area contributed by atoms with E-state index in [-0.39, 0.29) is 41.2 Å². The maximum atomic E-state index is 13.2. The molecule has 1 N–H and O–H groups in total. The van der Waals surface area contributed by atoms with Gasteiger partial charge in [0.1, 0.15) is 0 Å². The Morgan fingerprint density at radius 2 is 1.79 bits per heavy atom. The van der Waals surface area contributed by atoms with Crippen LogP contribution in [0, 0.1) is 46.3 Å². The smallest absolute Gasteiger partial charge is 0.217 e. The van der Waals surface area contributed by atoms with Crippen LogP contribution in [0.25, 0.3) is 0 Å². The number of hydrogen-bond donors (Lipinski definition) is 1. The number of hydrogen-bond acceptors (Lipinski definition) is 6. The number of carbonyl (C=O) groups excluding carboxylic acids is 1. The summed E-state index contributed by atoms with van der Waals surface area (Å²) >= 11 is 0. The molecular formula is C27H41O6S-. The molecule has 0 saturated heterocycles. The van der Waals surface area contributed by atoms with Crippen molar-refractivity contribution in [2.45, 2.75) is 85.2 Å². The SMILES string of the molecule is CC(C/C=C/[C@@H](C)[C@H]1CC[C@H]2C3=CC(=O)[C@H]4C[C@H](O)CC[C@]4(C)[C@H]3CC[C@]12C)COS(=O)(=O)[O-]. The van der Waals surface area contributed by atoms with Gasteiger partial charge in [-0.1, -0.05) is 45.4 Å². The molecule has 0 bridgehead atoms. The molecule has 0 aromatic carbocycles. The lowest BCUT2D eigenvalue weighted by Gasteiger charge is -2.57. The van der Waals surface area contributed by atoms with Crippen molar-refractivity contribution in [3.8, 4) is 0 Å². The molecule has 0 heterocycles. The standard InChI is InChI=1S/C27H42O6S/c1-17(16-33-34(30,31)32)6-5-7-18(2)21-8-9-22-20-15-25(29)24-14-19(28)10-12-27(24,4)23(20)11-13-26(21,22)3/h5,7,15,17-19,21-24,28H,6,8-14,16H2,1-4H3,(H,30,31,32)/p-1/b7-5+/t17?,18-,19-,21-,22+,23+,24-,26-,27-/m1/s1. The van der Waals surface area contributed by atoms with Gasteiger partial charge in [0.2, 0.25) is 10.4 Å². The highest BCUT2D eigenvalue weighted by molar-refractivity contribution is 7.80. The predicted molar refractivity (Wildman–Crippen MR) is 129 cm³/mol. The van der Waals surface area contributed by atoms with E-state index in [0.29, 0.717) is 36.5 Å². The van der Waals surface area contributed by atoms with Gasteiger partial charge in [-0.2, -0.15) is 0 Å². The number of carbonyl (C=O) groups is 1. The summed E-state index contributed by atoms with van der Waals surface area (Å²) in [6.45, 7) is 8.79. The molecule has 4 aliphatic rings. The molecule has 9 atom stereocenters. The van der Waals surface area contributed by atoms with Crippen molar-refractivity contribution in [2.75, 3.05) is 6.61 Å². The molecule has 6 nitrogen and oxygen atoms in total. The normalized spacial score (nSPS) is 42.0. The fourth-order valence-electron chi connectivity index (χ4n) is 8.17. The Morgan fingerprint density at radius 3 is 2.50 bits per heavy atom. The van der Waals surface area contributed by atoms with Gasteiger partial charge in [0.15, 0.2) is 5.78 Å². The minimum atomic E-state index is -4.64. The molecular weight excluding hydrogens is 452 g/mol. The van der Waals surface area contributed by atoms with Crippen molar-refractivity contribution in [1.82, 2.24) is 0 Å². The zero-order chi connectivity index (χ0) is 24.9. The third-order valence-electron chi connectivity index (χ3n) is 10.1. The maximum Gasteiger partial charge on any atom is 0.217 e. The zero-order valence-electron chi connectivity index (χ0n) is 21.0. The molecule has 4 rings (SSSR count). The summed E-state index contributed by atoms with van der Waals surface area (Å²) in [7, 11) is -4.64. The molecule has 0 aliphatic heterocycles. The topological polar surface area (TPSA) is 104 Å². The summed E-state index contributed by atoms with van der Waals surface area (Å²) in [6.07, 6.45) is 13.6. The third kappa shape index (κ3) is 4.82. The fraction of sp³-hybridized carbons (Fsp3) is 0.815. The number of fused-ring (bicyclic) bond motifs is 5. The summed E-state index contributed by atoms with van der Waals surface area (Å²) in [5.74, 6) is 2.00. The Hall–Kier alpha value is -1.02. The first-order valence-corrected chi connectivity index (χ1v) is 14.4. The number of aliphatic hydroxyl groups is 1. The quantitative estimate of drug-likeness (QED) is 0.310. The number of aliphatic hydroxyl groups excluding tert-OH is 1. The van der Waals surface area contributed by atoms with Crippen LogP contribution in [0.1, 0.15) is 79.1 Å². The van der Waals surface area contributed by atoms with Gasteiger partial charge in [-0.25, -0.2) is 8.42 Å². The van der Waals surface area contributed by atoms with Gasteiger partial charge in [-0.3, -0.25) is 8.98 Å². The van der Waals surface area contributed by atoms with Crippen LogP contribution in [-0.4, -0.2) is 36.6 Å². The van der Waals surface area contributed by atoms with E-state index in [1.54, 1.807) is 0 Å². The van der Waals surface area contributed by atoms with E-state index < -0.39 is 10.4 Å². The number of allylic oxidation sites excluding steroid dienone is 4. The van der Waals surface area contributed by atoms with Crippen LogP contribution in [0.4, 0.5) is 0 Å². The maximum absolute atomic E-state index is 13.2. The molecule has 3 saturated carbocycles. The van der Waals surface area contributed by atoms with E-state index in [1.165, 1.54) is 12.0 Å². The lowest BCUT2D eigenvalue weighted by molar-refractivity contribution is -0.132. The van der Waals surface area contributed by atoms with Gasteiger partial charge in [-0.15, -0.1) is 0 Å². The van der Waals surface area contributed by atoms with Gasteiger partial charge in [0, 0.05) is 5.92 Å². The van der Waals surface area contributed by atoms with Crippen molar-refractivity contribution >= 4 is 16.2 Å². The largest absolute Gasteiger partial charge is 0.726 e. The van der Waals surface area contributed by atoms with E-state index in [9.17, 15) is 22.9 Å². The monoisotopic (exact) mass is 493 g/mol. The van der Waals surface area contributed by atoms with Crippen LogP contribution < -0.4 is 0 Å². The molecule has 0 spiro atoms. The van der Waals surface area contributed by atoms with Crippen LogP contribution in [0.2, 0.25) is 0 Å². The highest BCUT2D eigenvalue weighted by atomic mass is 32.3. The number of ketones is 1. The van der Waals surface area contributed by atoms with E-state index in [1.807, 2.05) is 13.0 Å². The second-order valence-corrected chi connectivity index (χ2v) is 13.2. The van der Waals surface area contributed by atoms with E-state index in [0.717, 1.165) is 32.1 Å². The van der Waals surface area contributed by atoms with Crippen molar-refractivity contribution in [1.29, 1.82) is 0 Å². The van der Waals surface area contributed by atoms with Crippen LogP contribution in [-0.2, 0) is 19.4 Å². The Bertz CT molecular complexity index is 954.